The normalized spacial score (nSPS) is 15.8. The predicted octanol–water partition coefficient (Wildman–Crippen LogP) is 3.26. The van der Waals surface area contributed by atoms with E-state index in [9.17, 15) is 8.42 Å². The van der Waals surface area contributed by atoms with Crippen LogP contribution in [0.15, 0.2) is 57.9 Å². The zero-order valence-electron chi connectivity index (χ0n) is 19.6. The molecule has 1 aliphatic rings. The number of sulfonamides is 1. The Morgan fingerprint density at radius 3 is 2.41 bits per heavy atom. The number of para-hydroxylation sites is 1. The molecule has 1 aliphatic heterocycles. The van der Waals surface area contributed by atoms with Crippen LogP contribution >= 0.6 is 15.9 Å². The summed E-state index contributed by atoms with van der Waals surface area (Å²) >= 11 is 3.36. The van der Waals surface area contributed by atoms with Crippen LogP contribution in [-0.2, 0) is 16.6 Å². The maximum atomic E-state index is 13.0. The lowest BCUT2D eigenvalue weighted by molar-refractivity contribution is 0.178. The summed E-state index contributed by atoms with van der Waals surface area (Å²) in [6.45, 7) is 4.60. The molecule has 1 saturated heterocycles. The van der Waals surface area contributed by atoms with Gasteiger partial charge in [0.05, 0.1) is 17.0 Å². The van der Waals surface area contributed by atoms with Gasteiger partial charge in [-0.05, 0) is 63.5 Å². The predicted molar refractivity (Wildman–Crippen MR) is 139 cm³/mol. The molecule has 0 saturated carbocycles. The lowest BCUT2D eigenvalue weighted by Gasteiger charge is -2.33. The minimum Gasteiger partial charge on any atom is -0.369 e. The van der Waals surface area contributed by atoms with Crippen LogP contribution in [0.2, 0.25) is 0 Å². The van der Waals surface area contributed by atoms with Crippen LogP contribution < -0.4 is 5.32 Å². The number of halogens is 1. The van der Waals surface area contributed by atoms with Crippen LogP contribution in [0.4, 0.5) is 5.82 Å². The standard InChI is InChI=1S/C24H31BrN6O2S/c1-29(2)13-5-12-26-24-21-6-3-4-7-22(21)27-23(28-24)18-30-14-16-31(17-15-30)34(32,33)20-10-8-19(25)9-11-20/h3-4,6-11H,5,12-18H2,1-2H3,(H,26,27,28). The molecule has 0 radical (unpaired) electrons. The van der Waals surface area contributed by atoms with Crippen LogP contribution in [0.3, 0.4) is 0 Å². The Hall–Kier alpha value is -2.11. The largest absolute Gasteiger partial charge is 0.369 e. The number of hydrogen-bond donors (Lipinski definition) is 1. The Balaban J connectivity index is 1.41. The fourth-order valence-corrected chi connectivity index (χ4v) is 5.70. The first-order valence-corrected chi connectivity index (χ1v) is 13.7. The van der Waals surface area contributed by atoms with E-state index in [1.54, 1.807) is 28.6 Å². The van der Waals surface area contributed by atoms with E-state index >= 15 is 0 Å². The van der Waals surface area contributed by atoms with E-state index in [2.05, 4.69) is 45.1 Å². The Labute approximate surface area is 210 Å². The molecule has 0 spiro atoms. The van der Waals surface area contributed by atoms with Crippen LogP contribution in [-0.4, -0.2) is 85.9 Å². The fourth-order valence-electron chi connectivity index (χ4n) is 4.02. The second kappa shape index (κ2) is 11.1. The summed E-state index contributed by atoms with van der Waals surface area (Å²) in [6.07, 6.45) is 1.02. The molecular formula is C24H31BrN6O2S. The summed E-state index contributed by atoms with van der Waals surface area (Å²) in [4.78, 5) is 14.3. The number of benzene rings is 2. The Kier molecular flexibility index (Phi) is 8.15. The topological polar surface area (TPSA) is 81.7 Å². The monoisotopic (exact) mass is 546 g/mol. The second-order valence-electron chi connectivity index (χ2n) is 8.72. The lowest BCUT2D eigenvalue weighted by Crippen LogP contribution is -2.48. The first kappa shape index (κ1) is 25.0. The van der Waals surface area contributed by atoms with Crippen molar-refractivity contribution in [3.63, 3.8) is 0 Å². The SMILES string of the molecule is CN(C)CCCNc1nc(CN2CCN(S(=O)(=O)c3ccc(Br)cc3)CC2)nc2ccccc12. The van der Waals surface area contributed by atoms with Gasteiger partial charge in [0.15, 0.2) is 0 Å². The van der Waals surface area contributed by atoms with Crippen LogP contribution in [0.1, 0.15) is 12.2 Å². The van der Waals surface area contributed by atoms with Crippen LogP contribution in [0, 0.1) is 0 Å². The number of rotatable bonds is 9. The summed E-state index contributed by atoms with van der Waals surface area (Å²) in [5, 5.41) is 4.50. The average Bonchev–Trinajstić information content (AvgIpc) is 2.82. The third-order valence-corrected chi connectivity index (χ3v) is 8.31. The molecule has 3 aromatic rings. The van der Waals surface area contributed by atoms with Crippen molar-refractivity contribution in [2.75, 3.05) is 58.7 Å². The van der Waals surface area contributed by atoms with E-state index in [4.69, 9.17) is 9.97 Å². The highest BCUT2D eigenvalue weighted by Gasteiger charge is 2.28. The third kappa shape index (κ3) is 6.11. The van der Waals surface area contributed by atoms with Gasteiger partial charge in [-0.2, -0.15) is 4.31 Å². The molecule has 34 heavy (non-hydrogen) atoms. The number of nitrogens with zero attached hydrogens (tertiary/aromatic N) is 5. The summed E-state index contributed by atoms with van der Waals surface area (Å²) in [7, 11) is 0.654. The minimum atomic E-state index is -3.49. The van der Waals surface area contributed by atoms with Gasteiger partial charge in [-0.15, -0.1) is 0 Å². The van der Waals surface area contributed by atoms with Crippen molar-refractivity contribution in [1.29, 1.82) is 0 Å². The zero-order valence-corrected chi connectivity index (χ0v) is 22.0. The first-order valence-electron chi connectivity index (χ1n) is 11.5. The molecule has 2 aromatic carbocycles. The van der Waals surface area contributed by atoms with Crippen LogP contribution in [0.25, 0.3) is 10.9 Å². The van der Waals surface area contributed by atoms with E-state index < -0.39 is 10.0 Å². The molecule has 4 rings (SSSR count). The molecule has 1 aromatic heterocycles. The maximum Gasteiger partial charge on any atom is 0.243 e. The highest BCUT2D eigenvalue weighted by Crippen LogP contribution is 2.23. The average molecular weight is 548 g/mol. The van der Waals surface area contributed by atoms with Gasteiger partial charge in [-0.1, -0.05) is 28.1 Å². The quantitative estimate of drug-likeness (QED) is 0.412. The van der Waals surface area contributed by atoms with Crippen molar-refractivity contribution in [3.8, 4) is 0 Å². The van der Waals surface area contributed by atoms with E-state index in [1.807, 2.05) is 24.3 Å². The van der Waals surface area contributed by atoms with Crippen molar-refractivity contribution in [3.05, 3.63) is 58.8 Å². The van der Waals surface area contributed by atoms with Gasteiger partial charge >= 0.3 is 0 Å². The van der Waals surface area contributed by atoms with Crippen molar-refractivity contribution in [2.24, 2.45) is 0 Å². The smallest absolute Gasteiger partial charge is 0.243 e. The number of hydrogen-bond acceptors (Lipinski definition) is 7. The third-order valence-electron chi connectivity index (χ3n) is 5.87. The Morgan fingerprint density at radius 2 is 1.71 bits per heavy atom. The van der Waals surface area contributed by atoms with Crippen molar-refractivity contribution >= 4 is 42.7 Å². The fraction of sp³-hybridized carbons (Fsp3) is 0.417. The Morgan fingerprint density at radius 1 is 1.00 bits per heavy atom. The summed E-state index contributed by atoms with van der Waals surface area (Å²) in [5.74, 6) is 1.61. The zero-order chi connectivity index (χ0) is 24.1. The molecule has 2 heterocycles. The number of anilines is 1. The highest BCUT2D eigenvalue weighted by molar-refractivity contribution is 9.10. The molecule has 0 atom stereocenters. The van der Waals surface area contributed by atoms with Gasteiger partial charge < -0.3 is 10.2 Å². The number of fused-ring (bicyclic) bond motifs is 1. The molecule has 0 aliphatic carbocycles. The van der Waals surface area contributed by atoms with Gasteiger partial charge in [-0.3, -0.25) is 4.90 Å². The van der Waals surface area contributed by atoms with Gasteiger partial charge in [-0.25, -0.2) is 18.4 Å². The van der Waals surface area contributed by atoms with Gasteiger partial charge in [0.2, 0.25) is 10.0 Å². The highest BCUT2D eigenvalue weighted by atomic mass is 79.9. The van der Waals surface area contributed by atoms with Crippen LogP contribution in [0.5, 0.6) is 0 Å². The molecule has 0 unspecified atom stereocenters. The summed E-state index contributed by atoms with van der Waals surface area (Å²) < 4.78 is 28.4. The summed E-state index contributed by atoms with van der Waals surface area (Å²) in [5.41, 5.74) is 0.916. The van der Waals surface area contributed by atoms with Gasteiger partial charge in [0.1, 0.15) is 11.6 Å². The molecule has 182 valence electrons. The Bertz CT molecular complexity index is 1210. The minimum absolute atomic E-state index is 0.326. The van der Waals surface area contributed by atoms with E-state index in [-0.39, 0.29) is 0 Å². The summed E-state index contributed by atoms with van der Waals surface area (Å²) in [6, 6.07) is 14.8. The molecule has 0 amide bonds. The molecular weight excluding hydrogens is 516 g/mol. The maximum absolute atomic E-state index is 13.0. The van der Waals surface area contributed by atoms with E-state index in [0.29, 0.717) is 37.6 Å². The van der Waals surface area contributed by atoms with Gasteiger partial charge in [0, 0.05) is 42.6 Å². The molecule has 1 fully saturated rings. The van der Waals surface area contributed by atoms with E-state index in [1.165, 1.54) is 0 Å². The first-order chi connectivity index (χ1) is 16.3. The number of aromatic nitrogens is 2. The molecule has 1 N–H and O–H groups in total. The van der Waals surface area contributed by atoms with Crippen molar-refractivity contribution in [1.82, 2.24) is 24.1 Å². The van der Waals surface area contributed by atoms with E-state index in [0.717, 1.165) is 46.5 Å². The second-order valence-corrected chi connectivity index (χ2v) is 11.6. The molecule has 0 bridgehead atoms. The lowest BCUT2D eigenvalue weighted by atomic mass is 10.2. The number of nitrogens with one attached hydrogen (secondary N) is 1. The van der Waals surface area contributed by atoms with Crippen molar-refractivity contribution < 1.29 is 8.42 Å². The van der Waals surface area contributed by atoms with Gasteiger partial charge in [0.25, 0.3) is 0 Å². The molecule has 10 heteroatoms. The number of piperazine rings is 1. The van der Waals surface area contributed by atoms with Crippen molar-refractivity contribution in [2.45, 2.75) is 17.9 Å². The molecule has 8 nitrogen and oxygen atoms in total.